The first-order valence-corrected chi connectivity index (χ1v) is 7.68. The van der Waals surface area contributed by atoms with Crippen LogP contribution >= 0.6 is 0 Å². The summed E-state index contributed by atoms with van der Waals surface area (Å²) in [6, 6.07) is 5.63. The summed E-state index contributed by atoms with van der Waals surface area (Å²) in [5.74, 6) is -0.861. The van der Waals surface area contributed by atoms with Crippen molar-refractivity contribution < 1.29 is 19.4 Å². The van der Waals surface area contributed by atoms with Gasteiger partial charge in [-0.2, -0.15) is 0 Å². The number of benzene rings is 1. The molecule has 0 saturated carbocycles. The van der Waals surface area contributed by atoms with E-state index < -0.39 is 11.9 Å². The lowest BCUT2D eigenvalue weighted by Gasteiger charge is -2.12. The van der Waals surface area contributed by atoms with E-state index in [-0.39, 0.29) is 18.9 Å². The summed E-state index contributed by atoms with van der Waals surface area (Å²) < 4.78 is 5.20. The zero-order valence-electron chi connectivity index (χ0n) is 13.4. The van der Waals surface area contributed by atoms with Gasteiger partial charge in [0.25, 0.3) is 0 Å². The zero-order valence-corrected chi connectivity index (χ0v) is 13.4. The van der Waals surface area contributed by atoms with Gasteiger partial charge in [0.15, 0.2) is 0 Å². The number of methoxy groups -OCH3 is 1. The predicted octanol–water partition coefficient (Wildman–Crippen LogP) is 2.34. The fraction of sp³-hybridized carbons (Fsp3) is 0.412. The molecule has 1 unspecified atom stereocenters. The third-order valence-corrected chi connectivity index (χ3v) is 3.86. The Morgan fingerprint density at radius 1 is 1.39 bits per heavy atom. The molecule has 0 aliphatic rings. The van der Waals surface area contributed by atoms with Crippen LogP contribution in [-0.4, -0.2) is 35.6 Å². The van der Waals surface area contributed by atoms with Crippen molar-refractivity contribution in [3.8, 4) is 5.75 Å². The summed E-state index contributed by atoms with van der Waals surface area (Å²) in [6.45, 7) is 2.09. The molecule has 3 N–H and O–H groups in total. The molecule has 0 saturated heterocycles. The van der Waals surface area contributed by atoms with E-state index in [1.165, 1.54) is 0 Å². The number of nitrogens with one attached hydrogen (secondary N) is 2. The number of carbonyl (C=O) groups excluding carboxylic acids is 1. The van der Waals surface area contributed by atoms with Crippen LogP contribution in [0.2, 0.25) is 0 Å². The minimum absolute atomic E-state index is 0.160. The molecular formula is C17H22N2O4. The van der Waals surface area contributed by atoms with Gasteiger partial charge in [-0.15, -0.1) is 0 Å². The Labute approximate surface area is 134 Å². The average Bonchev–Trinajstić information content (AvgIpc) is 2.93. The first-order valence-electron chi connectivity index (χ1n) is 7.68. The monoisotopic (exact) mass is 318 g/mol. The molecule has 1 aromatic heterocycles. The molecule has 1 amide bonds. The number of fused-ring (bicyclic) bond motifs is 1. The number of hydrogen-bond acceptors (Lipinski definition) is 3. The zero-order chi connectivity index (χ0) is 16.8. The molecule has 2 aromatic rings. The van der Waals surface area contributed by atoms with Gasteiger partial charge in [0.2, 0.25) is 5.91 Å². The molecule has 6 nitrogen and oxygen atoms in total. The van der Waals surface area contributed by atoms with Crippen molar-refractivity contribution >= 4 is 22.8 Å². The number of carboxylic acid groups (broad SMARTS) is 1. The van der Waals surface area contributed by atoms with Crippen LogP contribution < -0.4 is 10.1 Å². The van der Waals surface area contributed by atoms with E-state index in [4.69, 9.17) is 9.84 Å². The lowest BCUT2D eigenvalue weighted by molar-refractivity contribution is -0.141. The molecule has 0 aliphatic carbocycles. The smallest absolute Gasteiger partial charge is 0.308 e. The van der Waals surface area contributed by atoms with Gasteiger partial charge in [-0.1, -0.05) is 13.3 Å². The largest absolute Gasteiger partial charge is 0.497 e. The topological polar surface area (TPSA) is 91.4 Å². The maximum absolute atomic E-state index is 12.1. The maximum Gasteiger partial charge on any atom is 0.308 e. The Kier molecular flexibility index (Phi) is 5.62. The molecule has 124 valence electrons. The van der Waals surface area contributed by atoms with E-state index in [1.54, 1.807) is 13.3 Å². The second-order valence-electron chi connectivity index (χ2n) is 5.53. The molecular weight excluding hydrogens is 296 g/mol. The van der Waals surface area contributed by atoms with Gasteiger partial charge < -0.3 is 20.1 Å². The maximum atomic E-state index is 12.1. The van der Waals surface area contributed by atoms with E-state index in [9.17, 15) is 9.59 Å². The highest BCUT2D eigenvalue weighted by atomic mass is 16.5. The van der Waals surface area contributed by atoms with E-state index in [2.05, 4.69) is 10.3 Å². The van der Waals surface area contributed by atoms with Gasteiger partial charge in [0, 0.05) is 23.6 Å². The molecule has 2 rings (SSSR count). The first kappa shape index (κ1) is 16.9. The fourth-order valence-corrected chi connectivity index (χ4v) is 2.56. The Bertz CT molecular complexity index is 693. The molecule has 0 bridgehead atoms. The number of ether oxygens (including phenoxy) is 1. The summed E-state index contributed by atoms with van der Waals surface area (Å²) in [5.41, 5.74) is 1.79. The van der Waals surface area contributed by atoms with E-state index in [1.807, 2.05) is 25.1 Å². The van der Waals surface area contributed by atoms with Crippen molar-refractivity contribution in [2.45, 2.75) is 26.2 Å². The molecule has 0 aliphatic heterocycles. The van der Waals surface area contributed by atoms with Crippen LogP contribution in [0.25, 0.3) is 10.9 Å². The second-order valence-corrected chi connectivity index (χ2v) is 5.53. The quantitative estimate of drug-likeness (QED) is 0.696. The molecule has 1 heterocycles. The van der Waals surface area contributed by atoms with Crippen LogP contribution in [0.15, 0.2) is 24.4 Å². The van der Waals surface area contributed by atoms with Crippen LogP contribution in [0.5, 0.6) is 5.75 Å². The Hall–Kier alpha value is -2.50. The molecule has 1 atom stereocenters. The lowest BCUT2D eigenvalue weighted by atomic mass is 10.0. The number of aromatic nitrogens is 1. The third kappa shape index (κ3) is 4.25. The molecule has 0 spiro atoms. The first-order chi connectivity index (χ1) is 11.0. The highest BCUT2D eigenvalue weighted by Crippen LogP contribution is 2.23. The highest BCUT2D eigenvalue weighted by Gasteiger charge is 2.17. The van der Waals surface area contributed by atoms with Crippen molar-refractivity contribution in [2.75, 3.05) is 13.7 Å². The van der Waals surface area contributed by atoms with Gasteiger partial charge >= 0.3 is 5.97 Å². The van der Waals surface area contributed by atoms with E-state index in [0.717, 1.165) is 28.6 Å². The summed E-state index contributed by atoms with van der Waals surface area (Å²) in [5, 5.41) is 12.8. The minimum Gasteiger partial charge on any atom is -0.497 e. The van der Waals surface area contributed by atoms with Crippen molar-refractivity contribution in [3.05, 3.63) is 30.0 Å². The number of H-pyrrole nitrogens is 1. The van der Waals surface area contributed by atoms with Crippen LogP contribution in [0.4, 0.5) is 0 Å². The molecule has 6 heteroatoms. The molecule has 1 aromatic carbocycles. The van der Waals surface area contributed by atoms with Gasteiger partial charge in [0.1, 0.15) is 5.75 Å². The van der Waals surface area contributed by atoms with Gasteiger partial charge in [-0.3, -0.25) is 9.59 Å². The predicted molar refractivity (Wildman–Crippen MR) is 87.6 cm³/mol. The van der Waals surface area contributed by atoms with Crippen molar-refractivity contribution in [1.82, 2.24) is 10.3 Å². The number of rotatable bonds is 8. The van der Waals surface area contributed by atoms with Gasteiger partial charge in [-0.05, 0) is 30.2 Å². The van der Waals surface area contributed by atoms with Crippen LogP contribution in [0.3, 0.4) is 0 Å². The molecule has 0 fully saturated rings. The van der Waals surface area contributed by atoms with Crippen LogP contribution in [-0.2, 0) is 16.0 Å². The summed E-state index contributed by atoms with van der Waals surface area (Å²) in [4.78, 5) is 26.3. The second kappa shape index (κ2) is 7.67. The summed E-state index contributed by atoms with van der Waals surface area (Å²) in [6.07, 6.45) is 3.32. The Morgan fingerprint density at radius 2 is 2.17 bits per heavy atom. The average molecular weight is 318 g/mol. The van der Waals surface area contributed by atoms with E-state index >= 15 is 0 Å². The lowest BCUT2D eigenvalue weighted by Crippen LogP contribution is -2.33. The SMILES string of the molecule is CCCC(CNC(=O)Cc1c[nH]c2ccc(OC)cc12)C(=O)O. The standard InChI is InChI=1S/C17H22N2O4/c1-3-4-11(17(21)22)9-19-16(20)7-12-10-18-15-6-5-13(23-2)8-14(12)15/h5-6,8,10-11,18H,3-4,7,9H2,1-2H3,(H,19,20)(H,21,22). The summed E-state index contributed by atoms with van der Waals surface area (Å²) in [7, 11) is 1.60. The third-order valence-electron chi connectivity index (χ3n) is 3.86. The van der Waals surface area contributed by atoms with Crippen molar-refractivity contribution in [1.29, 1.82) is 0 Å². The normalized spacial score (nSPS) is 12.1. The molecule has 23 heavy (non-hydrogen) atoms. The van der Waals surface area contributed by atoms with Crippen LogP contribution in [0.1, 0.15) is 25.3 Å². The summed E-state index contributed by atoms with van der Waals surface area (Å²) >= 11 is 0. The Morgan fingerprint density at radius 3 is 2.83 bits per heavy atom. The van der Waals surface area contributed by atoms with Crippen LogP contribution in [0, 0.1) is 5.92 Å². The number of carbonyl (C=O) groups is 2. The number of carboxylic acids is 1. The van der Waals surface area contributed by atoms with Crippen molar-refractivity contribution in [3.63, 3.8) is 0 Å². The number of amides is 1. The highest BCUT2D eigenvalue weighted by molar-refractivity contribution is 5.89. The number of aliphatic carboxylic acids is 1. The Balaban J connectivity index is 2.01. The van der Waals surface area contributed by atoms with E-state index in [0.29, 0.717) is 6.42 Å². The number of hydrogen-bond donors (Lipinski definition) is 3. The van der Waals surface area contributed by atoms with Gasteiger partial charge in [-0.25, -0.2) is 0 Å². The van der Waals surface area contributed by atoms with Crippen molar-refractivity contribution in [2.24, 2.45) is 5.92 Å². The van der Waals surface area contributed by atoms with Gasteiger partial charge in [0.05, 0.1) is 19.4 Å². The number of aromatic amines is 1. The molecule has 0 radical (unpaired) electrons. The fourth-order valence-electron chi connectivity index (χ4n) is 2.56. The minimum atomic E-state index is -0.871.